The molecule has 1 unspecified atom stereocenters. The third-order valence-corrected chi connectivity index (χ3v) is 6.28. The molecule has 0 aliphatic heterocycles. The van der Waals surface area contributed by atoms with Gasteiger partial charge in [0.1, 0.15) is 0 Å². The van der Waals surface area contributed by atoms with E-state index in [1.165, 1.54) is 15.3 Å². The highest BCUT2D eigenvalue weighted by Crippen LogP contribution is 2.37. The van der Waals surface area contributed by atoms with Crippen LogP contribution in [0.15, 0.2) is 39.0 Å². The third-order valence-electron chi connectivity index (χ3n) is 3.00. The molecule has 20 heavy (non-hydrogen) atoms. The highest BCUT2D eigenvalue weighted by molar-refractivity contribution is 9.11. The third kappa shape index (κ3) is 4.01. The molecule has 1 nitrogen and oxygen atoms in total. The molecule has 0 spiro atoms. The fourth-order valence-electron chi connectivity index (χ4n) is 1.97. The smallest absolute Gasteiger partial charge is 0.0888 e. The minimum absolute atomic E-state index is 0.208. The number of hydrogen-bond donors (Lipinski definition) is 1. The Morgan fingerprint density at radius 1 is 1.35 bits per heavy atom. The maximum atomic E-state index is 6.18. The Bertz CT molecular complexity index is 534. The molecular formula is C15H17BrClNS2. The van der Waals surface area contributed by atoms with Gasteiger partial charge in [-0.3, -0.25) is 0 Å². The first-order valence-corrected chi connectivity index (χ1v) is 9.69. The second kappa shape index (κ2) is 7.85. The van der Waals surface area contributed by atoms with E-state index in [1.807, 2.05) is 6.07 Å². The first-order chi connectivity index (χ1) is 9.65. The normalized spacial score (nSPS) is 12.6. The Labute approximate surface area is 142 Å². The van der Waals surface area contributed by atoms with Crippen molar-refractivity contribution in [1.82, 2.24) is 5.32 Å². The molecule has 1 aromatic heterocycles. The van der Waals surface area contributed by atoms with Crippen LogP contribution in [0.4, 0.5) is 0 Å². The lowest BCUT2D eigenvalue weighted by atomic mass is 10.1. The zero-order valence-corrected chi connectivity index (χ0v) is 15.4. The van der Waals surface area contributed by atoms with Crippen molar-refractivity contribution in [1.29, 1.82) is 0 Å². The van der Waals surface area contributed by atoms with Crippen molar-refractivity contribution < 1.29 is 0 Å². The number of halogens is 2. The summed E-state index contributed by atoms with van der Waals surface area (Å²) in [6.45, 7) is 3.17. The number of hydrogen-bond acceptors (Lipinski definition) is 3. The topological polar surface area (TPSA) is 12.0 Å². The van der Waals surface area contributed by atoms with E-state index in [9.17, 15) is 0 Å². The number of rotatable bonds is 6. The van der Waals surface area contributed by atoms with Crippen LogP contribution < -0.4 is 5.32 Å². The van der Waals surface area contributed by atoms with E-state index in [0.29, 0.717) is 0 Å². The van der Waals surface area contributed by atoms with E-state index in [1.54, 1.807) is 23.1 Å². The minimum atomic E-state index is 0.208. The molecule has 1 N–H and O–H groups in total. The number of nitrogens with one attached hydrogen (secondary N) is 1. The van der Waals surface area contributed by atoms with E-state index in [4.69, 9.17) is 11.6 Å². The van der Waals surface area contributed by atoms with Gasteiger partial charge in [0.15, 0.2) is 0 Å². The van der Waals surface area contributed by atoms with Gasteiger partial charge in [-0.1, -0.05) is 30.7 Å². The average molecular weight is 391 g/mol. The minimum Gasteiger partial charge on any atom is -0.306 e. The molecule has 0 saturated heterocycles. The predicted molar refractivity (Wildman–Crippen MR) is 95.4 cm³/mol. The van der Waals surface area contributed by atoms with Crippen molar-refractivity contribution in [2.45, 2.75) is 24.3 Å². The van der Waals surface area contributed by atoms with E-state index in [0.717, 1.165) is 21.8 Å². The van der Waals surface area contributed by atoms with Crippen molar-refractivity contribution in [3.8, 4) is 0 Å². The number of thioether (sulfide) groups is 1. The van der Waals surface area contributed by atoms with E-state index in [2.05, 4.69) is 58.7 Å². The van der Waals surface area contributed by atoms with Crippen molar-refractivity contribution in [3.05, 3.63) is 49.6 Å². The molecule has 0 fully saturated rings. The van der Waals surface area contributed by atoms with Gasteiger partial charge in [-0.25, -0.2) is 0 Å². The summed E-state index contributed by atoms with van der Waals surface area (Å²) in [6.07, 6.45) is 3.21. The first kappa shape index (κ1) is 16.4. The van der Waals surface area contributed by atoms with Crippen LogP contribution in [0.5, 0.6) is 0 Å². The molecule has 0 radical (unpaired) electrons. The summed E-state index contributed by atoms with van der Waals surface area (Å²) < 4.78 is 0.998. The second-order valence-corrected chi connectivity index (χ2v) is 8.12. The Balaban J connectivity index is 2.30. The van der Waals surface area contributed by atoms with Gasteiger partial charge in [0.05, 0.1) is 14.9 Å². The number of thiophene rings is 1. The van der Waals surface area contributed by atoms with Gasteiger partial charge in [-0.2, -0.15) is 0 Å². The molecular weight excluding hydrogens is 374 g/mol. The fourth-order valence-corrected chi connectivity index (χ4v) is 4.23. The zero-order chi connectivity index (χ0) is 14.5. The molecule has 5 heteroatoms. The first-order valence-electron chi connectivity index (χ1n) is 6.47. The summed E-state index contributed by atoms with van der Waals surface area (Å²) in [5, 5.41) is 4.39. The van der Waals surface area contributed by atoms with Gasteiger partial charge in [-0.15, -0.1) is 23.1 Å². The molecule has 0 bridgehead atoms. The van der Waals surface area contributed by atoms with Gasteiger partial charge in [0.25, 0.3) is 0 Å². The Hall–Kier alpha value is -0.0000000000000000833. The van der Waals surface area contributed by atoms with Crippen LogP contribution in [0.25, 0.3) is 0 Å². The quantitative estimate of drug-likeness (QED) is 0.609. The predicted octanol–water partition coefficient (Wildman–Crippen LogP) is 5.97. The summed E-state index contributed by atoms with van der Waals surface area (Å²) in [5.41, 5.74) is 1.28. The summed E-state index contributed by atoms with van der Waals surface area (Å²) in [6, 6.07) is 11.0. The largest absolute Gasteiger partial charge is 0.306 e. The molecule has 108 valence electrons. The molecule has 0 saturated carbocycles. The summed E-state index contributed by atoms with van der Waals surface area (Å²) in [5.74, 6) is 0. The van der Waals surface area contributed by atoms with Gasteiger partial charge in [-0.05, 0) is 58.9 Å². The van der Waals surface area contributed by atoms with Crippen LogP contribution in [0.3, 0.4) is 0 Å². The average Bonchev–Trinajstić information content (AvgIpc) is 2.79. The summed E-state index contributed by atoms with van der Waals surface area (Å²) in [4.78, 5) is 2.53. The standard InChI is InChI=1S/C15H17BrClNS2/c1-3-8-18-14(13-9-12(17)15(16)20-13)10-4-6-11(19-2)7-5-10/h4-7,9,14,18H,3,8H2,1-2H3. The summed E-state index contributed by atoms with van der Waals surface area (Å²) >= 11 is 13.1. The monoisotopic (exact) mass is 389 g/mol. The van der Waals surface area contributed by atoms with Crippen molar-refractivity contribution >= 4 is 50.6 Å². The molecule has 0 amide bonds. The highest BCUT2D eigenvalue weighted by Gasteiger charge is 2.17. The number of benzene rings is 1. The van der Waals surface area contributed by atoms with Crippen LogP contribution in [0.2, 0.25) is 5.02 Å². The maximum absolute atomic E-state index is 6.18. The SMILES string of the molecule is CCCNC(c1ccc(SC)cc1)c1cc(Cl)c(Br)s1. The van der Waals surface area contributed by atoms with E-state index < -0.39 is 0 Å². The fraction of sp³-hybridized carbons (Fsp3) is 0.333. The van der Waals surface area contributed by atoms with Crippen molar-refractivity contribution in [2.75, 3.05) is 12.8 Å². The molecule has 0 aliphatic rings. The summed E-state index contributed by atoms with van der Waals surface area (Å²) in [7, 11) is 0. The lowest BCUT2D eigenvalue weighted by Crippen LogP contribution is -2.22. The van der Waals surface area contributed by atoms with Crippen LogP contribution in [-0.4, -0.2) is 12.8 Å². The van der Waals surface area contributed by atoms with Gasteiger partial charge < -0.3 is 5.32 Å². The zero-order valence-electron chi connectivity index (χ0n) is 11.5. The molecule has 0 aliphatic carbocycles. The molecule has 2 rings (SSSR count). The lowest BCUT2D eigenvalue weighted by molar-refractivity contribution is 0.605. The molecule has 1 aromatic carbocycles. The van der Waals surface area contributed by atoms with Crippen molar-refractivity contribution in [3.63, 3.8) is 0 Å². The Kier molecular flexibility index (Phi) is 6.43. The molecule has 1 atom stereocenters. The van der Waals surface area contributed by atoms with Gasteiger partial charge >= 0.3 is 0 Å². The second-order valence-electron chi connectivity index (χ2n) is 4.43. The van der Waals surface area contributed by atoms with Crippen molar-refractivity contribution in [2.24, 2.45) is 0 Å². The van der Waals surface area contributed by atoms with Crippen LogP contribution in [0, 0.1) is 0 Å². The van der Waals surface area contributed by atoms with E-state index >= 15 is 0 Å². The lowest BCUT2D eigenvalue weighted by Gasteiger charge is -2.18. The van der Waals surface area contributed by atoms with E-state index in [-0.39, 0.29) is 6.04 Å². The Morgan fingerprint density at radius 2 is 2.05 bits per heavy atom. The maximum Gasteiger partial charge on any atom is 0.0888 e. The van der Waals surface area contributed by atoms with Gasteiger partial charge in [0.2, 0.25) is 0 Å². The van der Waals surface area contributed by atoms with Crippen LogP contribution >= 0.6 is 50.6 Å². The van der Waals surface area contributed by atoms with Crippen LogP contribution in [-0.2, 0) is 0 Å². The molecule has 2 aromatic rings. The molecule has 1 heterocycles. The van der Waals surface area contributed by atoms with Gasteiger partial charge in [0, 0.05) is 9.77 Å². The highest BCUT2D eigenvalue weighted by atomic mass is 79.9. The van der Waals surface area contributed by atoms with Crippen LogP contribution in [0.1, 0.15) is 29.8 Å². The Morgan fingerprint density at radius 3 is 2.55 bits per heavy atom.